The van der Waals surface area contributed by atoms with Gasteiger partial charge in [-0.25, -0.2) is 0 Å². The average molecular weight is 212 g/mol. The molecule has 0 spiro atoms. The third-order valence-corrected chi connectivity index (χ3v) is 1.18. The lowest BCUT2D eigenvalue weighted by Gasteiger charge is -1.96. The van der Waals surface area contributed by atoms with E-state index in [0.29, 0.717) is 17.8 Å². The molecule has 0 amide bonds. The summed E-state index contributed by atoms with van der Waals surface area (Å²) in [6.07, 6.45) is 0.494. The van der Waals surface area contributed by atoms with Crippen LogP contribution in [0.5, 0.6) is 0 Å². The minimum atomic E-state index is -0.0897. The lowest BCUT2D eigenvalue weighted by atomic mass is 10.2. The number of nitrogens with zero attached hydrogens (tertiary/aromatic N) is 4. The number of hydrogen-bond donors (Lipinski definition) is 4. The Morgan fingerprint density at radius 2 is 1.07 bits per heavy atom. The summed E-state index contributed by atoms with van der Waals surface area (Å²) < 4.78 is 0. The van der Waals surface area contributed by atoms with Crippen LogP contribution >= 0.6 is 0 Å². The van der Waals surface area contributed by atoms with Crippen LogP contribution in [0, 0.1) is 0 Å². The molecule has 8 N–H and O–H groups in total. The van der Waals surface area contributed by atoms with Crippen LogP contribution in [-0.4, -0.2) is 23.3 Å². The van der Waals surface area contributed by atoms with E-state index in [9.17, 15) is 0 Å². The highest BCUT2D eigenvalue weighted by Crippen LogP contribution is 1.92. The van der Waals surface area contributed by atoms with Crippen LogP contribution in [0.4, 0.5) is 0 Å². The Morgan fingerprint density at radius 3 is 1.33 bits per heavy atom. The van der Waals surface area contributed by atoms with Crippen LogP contribution in [0.15, 0.2) is 20.4 Å². The van der Waals surface area contributed by atoms with E-state index in [4.69, 9.17) is 22.9 Å². The molecule has 0 radical (unpaired) electrons. The van der Waals surface area contributed by atoms with E-state index in [0.717, 1.165) is 0 Å². The molecule has 0 atom stereocenters. The molecule has 0 rings (SSSR count). The molecule has 0 heterocycles. The standard InChI is InChI=1S/C7H16N8/c1-4(12-14-6(8)9)3-5(2)13-15-7(10)11/h3H2,1-2H3,(H4,8,9,14)(H4,10,11,15). The van der Waals surface area contributed by atoms with Crippen molar-refractivity contribution in [3.63, 3.8) is 0 Å². The topological polar surface area (TPSA) is 154 Å². The zero-order valence-corrected chi connectivity index (χ0v) is 8.81. The number of rotatable bonds is 4. The van der Waals surface area contributed by atoms with E-state index in [1.165, 1.54) is 0 Å². The summed E-state index contributed by atoms with van der Waals surface area (Å²) in [4.78, 5) is 0. The molecule has 8 nitrogen and oxygen atoms in total. The number of nitrogens with two attached hydrogens (primary N) is 4. The van der Waals surface area contributed by atoms with Crippen molar-refractivity contribution in [1.82, 2.24) is 0 Å². The molecule has 15 heavy (non-hydrogen) atoms. The SMILES string of the molecule is CC(CC(C)=NN=C(N)N)=NN=C(N)N. The maximum atomic E-state index is 5.11. The smallest absolute Gasteiger partial charge is 0.211 e. The Morgan fingerprint density at radius 1 is 0.733 bits per heavy atom. The predicted octanol–water partition coefficient (Wildman–Crippen LogP) is -1.32. The molecular weight excluding hydrogens is 196 g/mol. The van der Waals surface area contributed by atoms with E-state index >= 15 is 0 Å². The van der Waals surface area contributed by atoms with Crippen LogP contribution in [0.3, 0.4) is 0 Å². The second-order valence-corrected chi connectivity index (χ2v) is 2.90. The van der Waals surface area contributed by atoms with Gasteiger partial charge in [-0.3, -0.25) is 0 Å². The van der Waals surface area contributed by atoms with Gasteiger partial charge in [-0.2, -0.15) is 10.2 Å². The third kappa shape index (κ3) is 8.22. The van der Waals surface area contributed by atoms with Crippen LogP contribution < -0.4 is 22.9 Å². The molecule has 8 heteroatoms. The quantitative estimate of drug-likeness (QED) is 0.259. The molecule has 0 aliphatic heterocycles. The van der Waals surface area contributed by atoms with Crippen LogP contribution in [0.25, 0.3) is 0 Å². The van der Waals surface area contributed by atoms with Gasteiger partial charge in [-0.1, -0.05) is 0 Å². The lowest BCUT2D eigenvalue weighted by molar-refractivity contribution is 1.15. The Balaban J connectivity index is 4.36. The molecule has 0 aliphatic carbocycles. The van der Waals surface area contributed by atoms with E-state index in [-0.39, 0.29) is 11.9 Å². The first kappa shape index (κ1) is 12.9. The van der Waals surface area contributed by atoms with Crippen molar-refractivity contribution in [2.75, 3.05) is 0 Å². The normalized spacial score (nSPS) is 12.1. The fourth-order valence-electron chi connectivity index (χ4n) is 0.727. The van der Waals surface area contributed by atoms with Crippen molar-refractivity contribution in [2.24, 2.45) is 43.3 Å². The van der Waals surface area contributed by atoms with E-state index in [2.05, 4.69) is 20.4 Å². The van der Waals surface area contributed by atoms with Gasteiger partial charge < -0.3 is 22.9 Å². The molecular formula is C7H16N8. The second-order valence-electron chi connectivity index (χ2n) is 2.90. The second kappa shape index (κ2) is 6.35. The molecule has 0 fully saturated rings. The van der Waals surface area contributed by atoms with Gasteiger partial charge in [0.25, 0.3) is 0 Å². The monoisotopic (exact) mass is 212 g/mol. The minimum absolute atomic E-state index is 0.0897. The maximum Gasteiger partial charge on any atom is 0.211 e. The first-order chi connectivity index (χ1) is 6.91. The molecule has 0 unspecified atom stereocenters. The molecule has 0 aliphatic rings. The van der Waals surface area contributed by atoms with Gasteiger partial charge >= 0.3 is 0 Å². The van der Waals surface area contributed by atoms with E-state index in [1.807, 2.05) is 0 Å². The molecule has 0 aromatic rings. The molecule has 0 aromatic heterocycles. The van der Waals surface area contributed by atoms with Gasteiger partial charge in [0.05, 0.1) is 0 Å². The maximum absolute atomic E-state index is 5.11. The Hall–Kier alpha value is -2.12. The van der Waals surface area contributed by atoms with Gasteiger partial charge in [-0.05, 0) is 13.8 Å². The van der Waals surface area contributed by atoms with Crippen LogP contribution in [0.1, 0.15) is 20.3 Å². The summed E-state index contributed by atoms with van der Waals surface area (Å²) >= 11 is 0. The van der Waals surface area contributed by atoms with Gasteiger partial charge in [0.1, 0.15) is 0 Å². The Kier molecular flexibility index (Phi) is 5.45. The van der Waals surface area contributed by atoms with Gasteiger partial charge in [0.15, 0.2) is 0 Å². The third-order valence-electron chi connectivity index (χ3n) is 1.18. The molecule has 84 valence electrons. The summed E-state index contributed by atoms with van der Waals surface area (Å²) in [5.41, 5.74) is 21.8. The largest absolute Gasteiger partial charge is 0.369 e. The lowest BCUT2D eigenvalue weighted by Crippen LogP contribution is -2.22. The first-order valence-electron chi connectivity index (χ1n) is 4.16. The zero-order valence-electron chi connectivity index (χ0n) is 8.81. The number of hydrogen-bond acceptors (Lipinski definition) is 4. The summed E-state index contributed by atoms with van der Waals surface area (Å²) in [6.45, 7) is 3.53. The summed E-state index contributed by atoms with van der Waals surface area (Å²) in [7, 11) is 0. The van der Waals surface area contributed by atoms with Gasteiger partial charge in [-0.15, -0.1) is 10.2 Å². The van der Waals surface area contributed by atoms with E-state index < -0.39 is 0 Å². The Bertz CT molecular complexity index is 284. The van der Waals surface area contributed by atoms with Crippen LogP contribution in [-0.2, 0) is 0 Å². The summed E-state index contributed by atoms with van der Waals surface area (Å²) in [5, 5.41) is 14.5. The van der Waals surface area contributed by atoms with Crippen molar-refractivity contribution in [1.29, 1.82) is 0 Å². The van der Waals surface area contributed by atoms with Gasteiger partial charge in [0.2, 0.25) is 11.9 Å². The molecule has 0 aromatic carbocycles. The first-order valence-corrected chi connectivity index (χ1v) is 4.16. The Labute approximate surface area is 87.8 Å². The van der Waals surface area contributed by atoms with Crippen molar-refractivity contribution in [3.8, 4) is 0 Å². The predicted molar refractivity (Wildman–Crippen MR) is 62.5 cm³/mol. The number of guanidine groups is 2. The highest BCUT2D eigenvalue weighted by Gasteiger charge is 1.95. The van der Waals surface area contributed by atoms with Crippen molar-refractivity contribution in [2.45, 2.75) is 20.3 Å². The van der Waals surface area contributed by atoms with Crippen molar-refractivity contribution < 1.29 is 0 Å². The minimum Gasteiger partial charge on any atom is -0.369 e. The zero-order chi connectivity index (χ0) is 11.8. The molecule has 0 bridgehead atoms. The fourth-order valence-corrected chi connectivity index (χ4v) is 0.727. The average Bonchev–Trinajstić information content (AvgIpc) is 2.11. The fraction of sp³-hybridized carbons (Fsp3) is 0.429. The van der Waals surface area contributed by atoms with Gasteiger partial charge in [0, 0.05) is 17.8 Å². The van der Waals surface area contributed by atoms with Crippen LogP contribution in [0.2, 0.25) is 0 Å². The highest BCUT2D eigenvalue weighted by atomic mass is 15.3. The molecule has 0 saturated carbocycles. The van der Waals surface area contributed by atoms with E-state index in [1.54, 1.807) is 13.8 Å². The summed E-state index contributed by atoms with van der Waals surface area (Å²) in [5.74, 6) is -0.179. The highest BCUT2D eigenvalue weighted by molar-refractivity contribution is 6.02. The molecule has 0 saturated heterocycles. The summed E-state index contributed by atoms with van der Waals surface area (Å²) in [6, 6.07) is 0. The van der Waals surface area contributed by atoms with Crippen molar-refractivity contribution in [3.05, 3.63) is 0 Å². The van der Waals surface area contributed by atoms with Crippen molar-refractivity contribution >= 4 is 23.3 Å².